The molecule has 9 heteroatoms. The van der Waals surface area contributed by atoms with E-state index in [4.69, 9.17) is 5.11 Å². The number of aromatic nitrogens is 2. The normalized spacial score (nSPS) is 12.8. The summed E-state index contributed by atoms with van der Waals surface area (Å²) in [6, 6.07) is 0.983. The van der Waals surface area contributed by atoms with Crippen LogP contribution < -0.4 is 10.6 Å². The number of carboxylic acids is 1. The standard InChI is InChI=1S/C16H22N4O4S/c1-8-10-6-11(25-14(10)20(5)19-8)13(22)18-9(2)12(21)17-7-16(3,4)15(23)24/h6,9H,7H2,1-5H3,(H,17,21)(H,18,22)(H,23,24). The van der Waals surface area contributed by atoms with Crippen molar-refractivity contribution >= 4 is 39.3 Å². The summed E-state index contributed by atoms with van der Waals surface area (Å²) in [5, 5.41) is 19.4. The molecule has 0 saturated heterocycles. The minimum absolute atomic E-state index is 0.0187. The summed E-state index contributed by atoms with van der Waals surface area (Å²) in [6.45, 7) is 6.45. The molecular weight excluding hydrogens is 344 g/mol. The highest BCUT2D eigenvalue weighted by Crippen LogP contribution is 2.27. The lowest BCUT2D eigenvalue weighted by atomic mass is 9.94. The molecule has 0 aliphatic heterocycles. The SMILES string of the molecule is Cc1nn(C)c2sc(C(=O)NC(C)C(=O)NCC(C)(C)C(=O)O)cc12. The Kier molecular flexibility index (Phi) is 5.17. The van der Waals surface area contributed by atoms with Crippen LogP contribution in [-0.4, -0.2) is 45.3 Å². The zero-order chi connectivity index (χ0) is 18.9. The summed E-state index contributed by atoms with van der Waals surface area (Å²) in [6.07, 6.45) is 0. The van der Waals surface area contributed by atoms with Crippen LogP contribution in [0.3, 0.4) is 0 Å². The number of rotatable bonds is 6. The van der Waals surface area contributed by atoms with E-state index in [2.05, 4.69) is 15.7 Å². The summed E-state index contributed by atoms with van der Waals surface area (Å²) in [7, 11) is 1.81. The van der Waals surface area contributed by atoms with E-state index in [9.17, 15) is 14.4 Å². The number of carbonyl (C=O) groups is 3. The predicted molar refractivity (Wildman–Crippen MR) is 94.7 cm³/mol. The quantitative estimate of drug-likeness (QED) is 0.713. The van der Waals surface area contributed by atoms with E-state index in [1.54, 1.807) is 17.7 Å². The van der Waals surface area contributed by atoms with Crippen molar-refractivity contribution in [3.05, 3.63) is 16.6 Å². The largest absolute Gasteiger partial charge is 0.481 e. The number of hydrogen-bond donors (Lipinski definition) is 3. The molecule has 0 aliphatic rings. The van der Waals surface area contributed by atoms with Crippen molar-refractivity contribution in [3.63, 3.8) is 0 Å². The van der Waals surface area contributed by atoms with Gasteiger partial charge in [-0.1, -0.05) is 0 Å². The van der Waals surface area contributed by atoms with E-state index < -0.39 is 23.3 Å². The van der Waals surface area contributed by atoms with Crippen molar-refractivity contribution in [3.8, 4) is 0 Å². The molecule has 2 rings (SSSR count). The van der Waals surface area contributed by atoms with Crippen LogP contribution in [0.2, 0.25) is 0 Å². The Morgan fingerprint density at radius 3 is 2.60 bits per heavy atom. The molecule has 0 bridgehead atoms. The summed E-state index contributed by atoms with van der Waals surface area (Å²) < 4.78 is 1.72. The van der Waals surface area contributed by atoms with Gasteiger partial charge < -0.3 is 15.7 Å². The van der Waals surface area contributed by atoms with Gasteiger partial charge in [-0.3, -0.25) is 19.1 Å². The minimum atomic E-state index is -1.07. The average Bonchev–Trinajstić information content (AvgIpc) is 3.07. The van der Waals surface area contributed by atoms with E-state index in [0.717, 1.165) is 15.9 Å². The van der Waals surface area contributed by atoms with Crippen LogP contribution in [0.4, 0.5) is 0 Å². The maximum absolute atomic E-state index is 12.4. The van der Waals surface area contributed by atoms with E-state index in [1.165, 1.54) is 25.2 Å². The number of aliphatic carboxylic acids is 1. The van der Waals surface area contributed by atoms with Gasteiger partial charge in [-0.25, -0.2) is 0 Å². The summed E-state index contributed by atoms with van der Waals surface area (Å²) >= 11 is 1.31. The number of carboxylic acid groups (broad SMARTS) is 1. The molecule has 2 amide bonds. The first-order valence-electron chi connectivity index (χ1n) is 7.78. The van der Waals surface area contributed by atoms with Crippen molar-refractivity contribution in [1.82, 2.24) is 20.4 Å². The molecule has 136 valence electrons. The van der Waals surface area contributed by atoms with Gasteiger partial charge in [0.25, 0.3) is 5.91 Å². The Hall–Kier alpha value is -2.42. The molecule has 0 saturated carbocycles. The Bertz CT molecular complexity index is 802. The van der Waals surface area contributed by atoms with Crippen molar-refractivity contribution in [1.29, 1.82) is 0 Å². The highest BCUT2D eigenvalue weighted by Gasteiger charge is 2.28. The molecule has 3 N–H and O–H groups in total. The number of carbonyl (C=O) groups excluding carboxylic acids is 2. The average molecular weight is 366 g/mol. The number of nitrogens with zero attached hydrogens (tertiary/aromatic N) is 2. The lowest BCUT2D eigenvalue weighted by Crippen LogP contribution is -2.48. The van der Waals surface area contributed by atoms with Gasteiger partial charge >= 0.3 is 5.97 Å². The molecule has 0 aromatic carbocycles. The number of nitrogens with one attached hydrogen (secondary N) is 2. The van der Waals surface area contributed by atoms with Gasteiger partial charge in [-0.15, -0.1) is 11.3 Å². The first-order chi connectivity index (χ1) is 11.5. The highest BCUT2D eigenvalue weighted by molar-refractivity contribution is 7.20. The first kappa shape index (κ1) is 18.9. The molecule has 8 nitrogen and oxygen atoms in total. The van der Waals surface area contributed by atoms with Gasteiger partial charge in [-0.05, 0) is 33.8 Å². The Balaban J connectivity index is 2.00. The first-order valence-corrected chi connectivity index (χ1v) is 8.59. The molecule has 0 spiro atoms. The lowest BCUT2D eigenvalue weighted by molar-refractivity contribution is -0.146. The Morgan fingerprint density at radius 1 is 1.40 bits per heavy atom. The number of thiophene rings is 1. The number of hydrogen-bond acceptors (Lipinski definition) is 5. The zero-order valence-corrected chi connectivity index (χ0v) is 15.7. The third-order valence-electron chi connectivity index (χ3n) is 3.94. The molecule has 0 aliphatic carbocycles. The van der Waals surface area contributed by atoms with Crippen molar-refractivity contribution in [2.24, 2.45) is 12.5 Å². The molecular formula is C16H22N4O4S. The van der Waals surface area contributed by atoms with Gasteiger partial charge in [0.1, 0.15) is 10.9 Å². The van der Waals surface area contributed by atoms with Crippen molar-refractivity contribution in [2.45, 2.75) is 33.7 Å². The van der Waals surface area contributed by atoms with E-state index in [1.807, 2.05) is 14.0 Å². The van der Waals surface area contributed by atoms with Crippen LogP contribution in [0.25, 0.3) is 10.2 Å². The summed E-state index contributed by atoms with van der Waals surface area (Å²) in [5.41, 5.74) is -0.232. The van der Waals surface area contributed by atoms with Crippen LogP contribution in [0, 0.1) is 12.3 Å². The van der Waals surface area contributed by atoms with E-state index >= 15 is 0 Å². The van der Waals surface area contributed by atoms with Gasteiger partial charge in [0, 0.05) is 19.0 Å². The number of fused-ring (bicyclic) bond motifs is 1. The summed E-state index contributed by atoms with van der Waals surface area (Å²) in [5.74, 6) is -1.78. The lowest BCUT2D eigenvalue weighted by Gasteiger charge is -2.21. The fraction of sp³-hybridized carbons (Fsp3) is 0.500. The molecule has 2 aromatic heterocycles. The smallest absolute Gasteiger partial charge is 0.310 e. The number of amides is 2. The third kappa shape index (κ3) is 3.98. The molecule has 25 heavy (non-hydrogen) atoms. The fourth-order valence-corrected chi connectivity index (χ4v) is 3.21. The second-order valence-electron chi connectivity index (χ2n) is 6.64. The Morgan fingerprint density at radius 2 is 2.04 bits per heavy atom. The molecule has 0 radical (unpaired) electrons. The third-order valence-corrected chi connectivity index (χ3v) is 5.15. The highest BCUT2D eigenvalue weighted by atomic mass is 32.1. The van der Waals surface area contributed by atoms with Crippen LogP contribution in [0.1, 0.15) is 36.1 Å². The maximum atomic E-state index is 12.4. The fourth-order valence-electron chi connectivity index (χ4n) is 2.19. The molecule has 1 atom stereocenters. The van der Waals surface area contributed by atoms with Gasteiger partial charge in [-0.2, -0.15) is 5.10 Å². The second-order valence-corrected chi connectivity index (χ2v) is 7.67. The van der Waals surface area contributed by atoms with Crippen molar-refractivity contribution < 1.29 is 19.5 Å². The van der Waals surface area contributed by atoms with Gasteiger partial charge in [0.15, 0.2) is 0 Å². The molecule has 1 unspecified atom stereocenters. The Labute approximate surface area is 149 Å². The molecule has 0 fully saturated rings. The van der Waals surface area contributed by atoms with Gasteiger partial charge in [0.2, 0.25) is 5.91 Å². The molecule has 2 aromatic rings. The van der Waals surface area contributed by atoms with Crippen LogP contribution in [0.15, 0.2) is 6.07 Å². The monoisotopic (exact) mass is 366 g/mol. The zero-order valence-electron chi connectivity index (χ0n) is 14.8. The van der Waals surface area contributed by atoms with Crippen LogP contribution >= 0.6 is 11.3 Å². The molecule has 2 heterocycles. The number of aryl methyl sites for hydroxylation is 2. The van der Waals surface area contributed by atoms with E-state index in [-0.39, 0.29) is 12.5 Å². The summed E-state index contributed by atoms with van der Waals surface area (Å²) in [4.78, 5) is 36.9. The second kappa shape index (κ2) is 6.83. The van der Waals surface area contributed by atoms with Gasteiger partial charge in [0.05, 0.1) is 16.0 Å². The van der Waals surface area contributed by atoms with E-state index in [0.29, 0.717) is 4.88 Å². The minimum Gasteiger partial charge on any atom is -0.481 e. The van der Waals surface area contributed by atoms with Crippen LogP contribution in [-0.2, 0) is 16.6 Å². The van der Waals surface area contributed by atoms with Crippen molar-refractivity contribution in [2.75, 3.05) is 6.54 Å². The topological polar surface area (TPSA) is 113 Å². The predicted octanol–water partition coefficient (Wildman–Crippen LogP) is 1.29. The van der Waals surface area contributed by atoms with Crippen LogP contribution in [0.5, 0.6) is 0 Å². The maximum Gasteiger partial charge on any atom is 0.310 e.